The average Bonchev–Trinajstić information content (AvgIpc) is 2.87. The number of benzene rings is 1. The molecule has 2 aromatic rings. The molecule has 17 heavy (non-hydrogen) atoms. The summed E-state index contributed by atoms with van der Waals surface area (Å²) in [6.07, 6.45) is 1.45. The Morgan fingerprint density at radius 2 is 2.18 bits per heavy atom. The normalized spacial score (nSPS) is 10.0. The summed E-state index contributed by atoms with van der Waals surface area (Å²) in [5.41, 5.74) is 1.17. The summed E-state index contributed by atoms with van der Waals surface area (Å²) in [7, 11) is 2.93. The summed E-state index contributed by atoms with van der Waals surface area (Å²) in [5.74, 6) is 0.898. The van der Waals surface area contributed by atoms with E-state index in [1.807, 2.05) is 24.3 Å². The summed E-state index contributed by atoms with van der Waals surface area (Å²) in [6.45, 7) is 0. The number of esters is 1. The molecule has 0 spiro atoms. The van der Waals surface area contributed by atoms with E-state index in [4.69, 9.17) is 4.74 Å². The van der Waals surface area contributed by atoms with Crippen molar-refractivity contribution in [3.05, 3.63) is 36.2 Å². The number of imidazole rings is 1. The number of ether oxygens (including phenoxy) is 2. The summed E-state index contributed by atoms with van der Waals surface area (Å²) in [6, 6.07) is 7.41. The van der Waals surface area contributed by atoms with Crippen LogP contribution in [-0.4, -0.2) is 30.2 Å². The molecule has 0 radical (unpaired) electrons. The van der Waals surface area contributed by atoms with Gasteiger partial charge in [-0.2, -0.15) is 0 Å². The molecule has 88 valence electrons. The fourth-order valence-electron chi connectivity index (χ4n) is 1.45. The molecule has 0 saturated carbocycles. The van der Waals surface area contributed by atoms with Crippen molar-refractivity contribution in [2.75, 3.05) is 14.2 Å². The van der Waals surface area contributed by atoms with E-state index in [1.165, 1.54) is 13.3 Å². The van der Waals surface area contributed by atoms with Crippen LogP contribution in [0.3, 0.4) is 0 Å². The maximum absolute atomic E-state index is 11.3. The van der Waals surface area contributed by atoms with Crippen LogP contribution in [0.4, 0.5) is 0 Å². The predicted molar refractivity (Wildman–Crippen MR) is 61.9 cm³/mol. The van der Waals surface area contributed by atoms with Crippen molar-refractivity contribution in [2.24, 2.45) is 0 Å². The second kappa shape index (κ2) is 4.69. The number of nitrogens with zero attached hydrogens (tertiary/aromatic N) is 1. The van der Waals surface area contributed by atoms with Gasteiger partial charge in [0.05, 0.1) is 20.4 Å². The highest BCUT2D eigenvalue weighted by Gasteiger charge is 2.10. The molecule has 0 bridgehead atoms. The quantitative estimate of drug-likeness (QED) is 0.820. The lowest BCUT2D eigenvalue weighted by atomic mass is 10.2. The van der Waals surface area contributed by atoms with E-state index in [-0.39, 0.29) is 0 Å². The molecule has 5 heteroatoms. The Morgan fingerprint density at radius 3 is 2.88 bits per heavy atom. The van der Waals surface area contributed by atoms with Crippen molar-refractivity contribution < 1.29 is 14.3 Å². The number of H-pyrrole nitrogens is 1. The van der Waals surface area contributed by atoms with E-state index in [0.717, 1.165) is 11.3 Å². The first kappa shape index (κ1) is 11.2. The number of rotatable bonds is 3. The third-order valence-electron chi connectivity index (χ3n) is 2.32. The van der Waals surface area contributed by atoms with E-state index >= 15 is 0 Å². The van der Waals surface area contributed by atoms with Gasteiger partial charge < -0.3 is 14.5 Å². The topological polar surface area (TPSA) is 64.2 Å². The number of hydrogen-bond donors (Lipinski definition) is 1. The van der Waals surface area contributed by atoms with Gasteiger partial charge in [-0.25, -0.2) is 9.78 Å². The van der Waals surface area contributed by atoms with Gasteiger partial charge in [-0.05, 0) is 12.1 Å². The Morgan fingerprint density at radius 1 is 1.35 bits per heavy atom. The van der Waals surface area contributed by atoms with Gasteiger partial charge in [-0.1, -0.05) is 12.1 Å². The number of aromatic nitrogens is 2. The molecule has 0 atom stereocenters. The van der Waals surface area contributed by atoms with Gasteiger partial charge in [0, 0.05) is 5.56 Å². The second-order valence-electron chi connectivity index (χ2n) is 3.37. The lowest BCUT2D eigenvalue weighted by Crippen LogP contribution is -2.00. The summed E-state index contributed by atoms with van der Waals surface area (Å²) in [4.78, 5) is 18.3. The summed E-state index contributed by atoms with van der Waals surface area (Å²) < 4.78 is 9.71. The third kappa shape index (κ3) is 2.28. The summed E-state index contributed by atoms with van der Waals surface area (Å²) in [5, 5.41) is 0. The first-order valence-corrected chi connectivity index (χ1v) is 5.02. The molecular weight excluding hydrogens is 220 g/mol. The van der Waals surface area contributed by atoms with E-state index in [1.54, 1.807) is 7.11 Å². The zero-order valence-corrected chi connectivity index (χ0v) is 9.56. The maximum atomic E-state index is 11.3. The number of carbonyl (C=O) groups is 1. The zero-order chi connectivity index (χ0) is 12.3. The monoisotopic (exact) mass is 232 g/mol. The van der Waals surface area contributed by atoms with Crippen LogP contribution in [-0.2, 0) is 4.74 Å². The molecule has 1 aromatic heterocycles. The molecule has 1 aromatic carbocycles. The van der Waals surface area contributed by atoms with Gasteiger partial charge in [-0.3, -0.25) is 0 Å². The van der Waals surface area contributed by atoms with Crippen LogP contribution in [0, 0.1) is 0 Å². The molecule has 1 N–H and O–H groups in total. The van der Waals surface area contributed by atoms with Gasteiger partial charge in [0.2, 0.25) is 0 Å². The van der Waals surface area contributed by atoms with Crippen LogP contribution >= 0.6 is 0 Å². The van der Waals surface area contributed by atoms with Crippen molar-refractivity contribution >= 4 is 5.97 Å². The molecule has 0 aliphatic carbocycles. The SMILES string of the molecule is COC(=O)c1cnc(-c2cccc(OC)c2)[nH]1. The fraction of sp³-hybridized carbons (Fsp3) is 0.167. The van der Waals surface area contributed by atoms with E-state index in [0.29, 0.717) is 11.5 Å². The second-order valence-corrected chi connectivity index (χ2v) is 3.37. The lowest BCUT2D eigenvalue weighted by molar-refractivity contribution is 0.0595. The highest BCUT2D eigenvalue weighted by atomic mass is 16.5. The first-order valence-electron chi connectivity index (χ1n) is 5.02. The Labute approximate surface area is 98.4 Å². The van der Waals surface area contributed by atoms with Crippen LogP contribution in [0.2, 0.25) is 0 Å². The van der Waals surface area contributed by atoms with Crippen LogP contribution in [0.1, 0.15) is 10.5 Å². The molecule has 0 aliphatic rings. The minimum atomic E-state index is -0.438. The van der Waals surface area contributed by atoms with Crippen molar-refractivity contribution in [1.82, 2.24) is 9.97 Å². The molecule has 0 fully saturated rings. The molecule has 5 nitrogen and oxygen atoms in total. The predicted octanol–water partition coefficient (Wildman–Crippen LogP) is 1.87. The molecule has 1 heterocycles. The smallest absolute Gasteiger partial charge is 0.356 e. The van der Waals surface area contributed by atoms with Gasteiger partial charge in [0.15, 0.2) is 0 Å². The van der Waals surface area contributed by atoms with Crippen LogP contribution in [0.25, 0.3) is 11.4 Å². The number of carbonyl (C=O) groups excluding carboxylic acids is 1. The highest BCUT2D eigenvalue weighted by molar-refractivity contribution is 5.87. The van der Waals surface area contributed by atoms with E-state index < -0.39 is 5.97 Å². The van der Waals surface area contributed by atoms with Crippen LogP contribution in [0.5, 0.6) is 5.75 Å². The van der Waals surface area contributed by atoms with Crippen molar-refractivity contribution in [3.8, 4) is 17.1 Å². The van der Waals surface area contributed by atoms with Crippen LogP contribution < -0.4 is 4.74 Å². The zero-order valence-electron chi connectivity index (χ0n) is 9.56. The standard InChI is InChI=1S/C12H12N2O3/c1-16-9-5-3-4-8(6-9)11-13-7-10(14-11)12(15)17-2/h3-7H,1-2H3,(H,13,14). The van der Waals surface area contributed by atoms with Gasteiger partial charge in [0.25, 0.3) is 0 Å². The number of nitrogens with one attached hydrogen (secondary N) is 1. The Balaban J connectivity index is 2.33. The Hall–Kier alpha value is -2.30. The lowest BCUT2D eigenvalue weighted by Gasteiger charge is -2.01. The minimum Gasteiger partial charge on any atom is -0.497 e. The molecule has 0 unspecified atom stereocenters. The van der Waals surface area contributed by atoms with E-state index in [9.17, 15) is 4.79 Å². The Kier molecular flexibility index (Phi) is 3.09. The van der Waals surface area contributed by atoms with Crippen molar-refractivity contribution in [2.45, 2.75) is 0 Å². The number of hydrogen-bond acceptors (Lipinski definition) is 4. The average molecular weight is 232 g/mol. The van der Waals surface area contributed by atoms with Gasteiger partial charge >= 0.3 is 5.97 Å². The summed E-state index contributed by atoms with van der Waals surface area (Å²) >= 11 is 0. The molecular formula is C12H12N2O3. The fourth-order valence-corrected chi connectivity index (χ4v) is 1.45. The van der Waals surface area contributed by atoms with Crippen LogP contribution in [0.15, 0.2) is 30.5 Å². The molecule has 0 saturated heterocycles. The Bertz CT molecular complexity index is 534. The molecule has 2 rings (SSSR count). The number of aromatic amines is 1. The third-order valence-corrected chi connectivity index (χ3v) is 2.32. The van der Waals surface area contributed by atoms with Crippen molar-refractivity contribution in [1.29, 1.82) is 0 Å². The van der Waals surface area contributed by atoms with Crippen molar-refractivity contribution in [3.63, 3.8) is 0 Å². The van der Waals surface area contributed by atoms with Gasteiger partial charge in [-0.15, -0.1) is 0 Å². The largest absolute Gasteiger partial charge is 0.497 e. The first-order chi connectivity index (χ1) is 8.24. The maximum Gasteiger partial charge on any atom is 0.356 e. The number of methoxy groups -OCH3 is 2. The van der Waals surface area contributed by atoms with Gasteiger partial charge in [0.1, 0.15) is 17.3 Å². The molecule has 0 aliphatic heterocycles. The van der Waals surface area contributed by atoms with E-state index in [2.05, 4.69) is 14.7 Å². The molecule has 0 amide bonds. The minimum absolute atomic E-state index is 0.324. The highest BCUT2D eigenvalue weighted by Crippen LogP contribution is 2.21.